The fourth-order valence-corrected chi connectivity index (χ4v) is 1.30. The van der Waals surface area contributed by atoms with Gasteiger partial charge in [-0.25, -0.2) is 0 Å². The average Bonchev–Trinajstić information content (AvgIpc) is 2.33. The zero-order valence-electron chi connectivity index (χ0n) is 6.02. The lowest BCUT2D eigenvalue weighted by atomic mass is 9.99. The Labute approximate surface area is 61.4 Å². The first-order valence-corrected chi connectivity index (χ1v) is 3.55. The van der Waals surface area contributed by atoms with Crippen molar-refractivity contribution in [3.63, 3.8) is 0 Å². The first-order valence-electron chi connectivity index (χ1n) is 3.55. The van der Waals surface area contributed by atoms with E-state index in [2.05, 4.69) is 23.2 Å². The second kappa shape index (κ2) is 1.97. The Kier molecular flexibility index (Phi) is 1.13. The van der Waals surface area contributed by atoms with Crippen molar-refractivity contribution in [1.29, 1.82) is 0 Å². The summed E-state index contributed by atoms with van der Waals surface area (Å²) >= 11 is 0. The molecule has 0 radical (unpaired) electrons. The molecule has 0 bridgehead atoms. The molecule has 2 heteroatoms. The summed E-state index contributed by atoms with van der Waals surface area (Å²) in [5.74, 6) is 0. The molecule has 0 amide bonds. The SMILES string of the molecule is CC1=Cc2[nH]ncc2CC1.[HH]. The molecule has 54 valence electrons. The standard InChI is InChI=1S/C8H10N2.H2/c1-6-2-3-7-5-9-10-8(7)4-6;/h4-5H,2-3H2,1H3,(H,9,10);1H. The minimum Gasteiger partial charge on any atom is -0.278 e. The van der Waals surface area contributed by atoms with Crippen LogP contribution >= 0.6 is 0 Å². The van der Waals surface area contributed by atoms with E-state index < -0.39 is 0 Å². The molecular formula is C8H12N2. The molecule has 1 aromatic heterocycles. The lowest BCUT2D eigenvalue weighted by molar-refractivity contribution is 0.926. The van der Waals surface area contributed by atoms with Gasteiger partial charge in [-0.2, -0.15) is 5.10 Å². The molecule has 0 saturated heterocycles. The molecule has 1 N–H and O–H groups in total. The third-order valence-corrected chi connectivity index (χ3v) is 1.93. The lowest BCUT2D eigenvalue weighted by Crippen LogP contribution is -1.93. The fraction of sp³-hybridized carbons (Fsp3) is 0.375. The molecule has 2 rings (SSSR count). The number of hydrogen-bond donors (Lipinski definition) is 1. The summed E-state index contributed by atoms with van der Waals surface area (Å²) in [6.45, 7) is 2.16. The Balaban J connectivity index is 0.000000605. The van der Waals surface area contributed by atoms with Gasteiger partial charge in [-0.05, 0) is 31.4 Å². The van der Waals surface area contributed by atoms with Gasteiger partial charge in [0.2, 0.25) is 0 Å². The van der Waals surface area contributed by atoms with Crippen molar-refractivity contribution < 1.29 is 1.43 Å². The Hall–Kier alpha value is -1.05. The molecular weight excluding hydrogens is 124 g/mol. The van der Waals surface area contributed by atoms with Gasteiger partial charge >= 0.3 is 0 Å². The van der Waals surface area contributed by atoms with Crippen LogP contribution in [0.15, 0.2) is 11.8 Å². The molecule has 1 aliphatic rings. The summed E-state index contributed by atoms with van der Waals surface area (Å²) in [4.78, 5) is 0. The van der Waals surface area contributed by atoms with Crippen molar-refractivity contribution in [3.8, 4) is 0 Å². The van der Waals surface area contributed by atoms with Gasteiger partial charge in [-0.15, -0.1) is 0 Å². The zero-order valence-corrected chi connectivity index (χ0v) is 6.02. The Morgan fingerprint density at radius 3 is 3.40 bits per heavy atom. The third-order valence-electron chi connectivity index (χ3n) is 1.93. The molecule has 0 aromatic carbocycles. The van der Waals surface area contributed by atoms with Crippen LogP contribution in [0.2, 0.25) is 0 Å². The van der Waals surface area contributed by atoms with Crippen molar-refractivity contribution in [2.75, 3.05) is 0 Å². The second-order valence-electron chi connectivity index (χ2n) is 2.80. The van der Waals surface area contributed by atoms with E-state index in [4.69, 9.17) is 0 Å². The molecule has 10 heavy (non-hydrogen) atoms. The predicted molar refractivity (Wildman–Crippen MR) is 42.7 cm³/mol. The van der Waals surface area contributed by atoms with E-state index in [-0.39, 0.29) is 1.43 Å². The first kappa shape index (κ1) is 5.71. The van der Waals surface area contributed by atoms with Crippen LogP contribution in [0, 0.1) is 0 Å². The summed E-state index contributed by atoms with van der Waals surface area (Å²) in [6.07, 6.45) is 6.42. The minimum atomic E-state index is 0. The molecule has 1 aromatic rings. The van der Waals surface area contributed by atoms with E-state index >= 15 is 0 Å². The number of allylic oxidation sites excluding steroid dienone is 1. The van der Waals surface area contributed by atoms with Gasteiger partial charge in [0.05, 0.1) is 11.9 Å². The summed E-state index contributed by atoms with van der Waals surface area (Å²) in [6, 6.07) is 0. The van der Waals surface area contributed by atoms with Gasteiger partial charge in [0.25, 0.3) is 0 Å². The highest BCUT2D eigenvalue weighted by Crippen LogP contribution is 2.20. The Morgan fingerprint density at radius 1 is 1.60 bits per heavy atom. The highest BCUT2D eigenvalue weighted by Gasteiger charge is 2.07. The smallest absolute Gasteiger partial charge is 0.0609 e. The molecule has 0 spiro atoms. The summed E-state index contributed by atoms with van der Waals surface area (Å²) in [5, 5.41) is 6.93. The van der Waals surface area contributed by atoms with Crippen LogP contribution in [0.1, 0.15) is 26.0 Å². The number of aromatic nitrogens is 2. The van der Waals surface area contributed by atoms with Crippen LogP contribution < -0.4 is 0 Å². The number of nitrogens with zero attached hydrogens (tertiary/aromatic N) is 1. The van der Waals surface area contributed by atoms with Crippen molar-refractivity contribution in [1.82, 2.24) is 10.2 Å². The maximum Gasteiger partial charge on any atom is 0.0609 e. The largest absolute Gasteiger partial charge is 0.278 e. The number of fused-ring (bicyclic) bond motifs is 1. The molecule has 0 saturated carbocycles. The van der Waals surface area contributed by atoms with E-state index in [0.29, 0.717) is 0 Å². The zero-order chi connectivity index (χ0) is 6.97. The number of hydrogen-bond acceptors (Lipinski definition) is 1. The fourth-order valence-electron chi connectivity index (χ4n) is 1.30. The topological polar surface area (TPSA) is 28.7 Å². The maximum atomic E-state index is 3.97. The van der Waals surface area contributed by atoms with Gasteiger partial charge in [-0.3, -0.25) is 5.10 Å². The lowest BCUT2D eigenvalue weighted by Gasteiger charge is -2.06. The Bertz CT molecular complexity index is 275. The monoisotopic (exact) mass is 136 g/mol. The van der Waals surface area contributed by atoms with Crippen LogP contribution in [0.5, 0.6) is 0 Å². The van der Waals surface area contributed by atoms with E-state index in [1.807, 2.05) is 6.20 Å². The number of rotatable bonds is 0. The van der Waals surface area contributed by atoms with Crippen molar-refractivity contribution in [2.45, 2.75) is 19.8 Å². The van der Waals surface area contributed by atoms with E-state index in [0.717, 1.165) is 6.42 Å². The highest BCUT2D eigenvalue weighted by molar-refractivity contribution is 5.54. The number of nitrogens with one attached hydrogen (secondary N) is 1. The molecule has 0 fully saturated rings. The Morgan fingerprint density at radius 2 is 2.50 bits per heavy atom. The van der Waals surface area contributed by atoms with Gasteiger partial charge < -0.3 is 0 Å². The van der Waals surface area contributed by atoms with E-state index in [1.54, 1.807) is 0 Å². The summed E-state index contributed by atoms with van der Waals surface area (Å²) in [7, 11) is 0. The summed E-state index contributed by atoms with van der Waals surface area (Å²) in [5.41, 5.74) is 3.99. The van der Waals surface area contributed by atoms with Gasteiger partial charge in [-0.1, -0.05) is 5.57 Å². The van der Waals surface area contributed by atoms with Crippen molar-refractivity contribution in [3.05, 3.63) is 23.0 Å². The van der Waals surface area contributed by atoms with E-state index in [9.17, 15) is 0 Å². The third kappa shape index (κ3) is 0.764. The number of H-pyrrole nitrogens is 1. The van der Waals surface area contributed by atoms with Gasteiger partial charge in [0.1, 0.15) is 0 Å². The first-order chi connectivity index (χ1) is 4.86. The van der Waals surface area contributed by atoms with Crippen LogP contribution in [-0.2, 0) is 6.42 Å². The van der Waals surface area contributed by atoms with Gasteiger partial charge in [0.15, 0.2) is 0 Å². The molecule has 0 aliphatic heterocycles. The summed E-state index contributed by atoms with van der Waals surface area (Å²) < 4.78 is 0. The van der Waals surface area contributed by atoms with Crippen LogP contribution in [0.4, 0.5) is 0 Å². The molecule has 2 nitrogen and oxygen atoms in total. The average molecular weight is 136 g/mol. The van der Waals surface area contributed by atoms with Gasteiger partial charge in [0, 0.05) is 1.43 Å². The minimum absolute atomic E-state index is 0. The highest BCUT2D eigenvalue weighted by atomic mass is 15.1. The van der Waals surface area contributed by atoms with Crippen LogP contribution in [-0.4, -0.2) is 10.2 Å². The van der Waals surface area contributed by atoms with Crippen LogP contribution in [0.25, 0.3) is 6.08 Å². The quantitative estimate of drug-likeness (QED) is 0.580. The molecule has 0 atom stereocenters. The predicted octanol–water partition coefficient (Wildman–Crippen LogP) is 2.01. The number of aromatic amines is 1. The number of aryl methyl sites for hydroxylation is 1. The second-order valence-corrected chi connectivity index (χ2v) is 2.80. The molecule has 1 heterocycles. The van der Waals surface area contributed by atoms with Crippen molar-refractivity contribution >= 4 is 6.08 Å². The molecule has 0 unspecified atom stereocenters. The van der Waals surface area contributed by atoms with Crippen LogP contribution in [0.3, 0.4) is 0 Å². The van der Waals surface area contributed by atoms with Crippen molar-refractivity contribution in [2.24, 2.45) is 0 Å². The maximum absolute atomic E-state index is 3.97. The normalized spacial score (nSPS) is 16.3. The molecule has 1 aliphatic carbocycles. The van der Waals surface area contributed by atoms with E-state index in [1.165, 1.54) is 23.3 Å².